The van der Waals surface area contributed by atoms with Gasteiger partial charge in [-0.3, -0.25) is 0 Å². The molecule has 0 saturated heterocycles. The highest BCUT2D eigenvalue weighted by Crippen LogP contribution is 2.24. The fourth-order valence-electron chi connectivity index (χ4n) is 1.25. The minimum Gasteiger partial charge on any atom is -0.497 e. The number of H-pyrrole nitrogens is 1. The molecule has 3 nitrogen and oxygen atoms in total. The van der Waals surface area contributed by atoms with Crippen molar-refractivity contribution in [2.45, 2.75) is 0 Å². The van der Waals surface area contributed by atoms with Crippen LogP contribution in [-0.2, 0) is 0 Å². The average molecular weight is 162 g/mol. The average Bonchev–Trinajstić information content (AvgIpc) is 2.47. The van der Waals surface area contributed by atoms with Crippen molar-refractivity contribution in [3.63, 3.8) is 0 Å². The number of rotatable bonds is 1. The summed E-state index contributed by atoms with van der Waals surface area (Å²) < 4.78 is 5.08. The largest absolute Gasteiger partial charge is 0.497 e. The van der Waals surface area contributed by atoms with Crippen LogP contribution in [0, 0.1) is 0 Å². The Morgan fingerprint density at radius 3 is 3.00 bits per heavy atom. The summed E-state index contributed by atoms with van der Waals surface area (Å²) in [5, 5.41) is 1.01. The second-order valence-electron chi connectivity index (χ2n) is 2.66. The van der Waals surface area contributed by atoms with E-state index in [1.165, 1.54) is 0 Å². The van der Waals surface area contributed by atoms with E-state index in [9.17, 15) is 0 Å². The minimum atomic E-state index is 0.754. The number of methoxy groups -OCH3 is 1. The molecule has 0 aliphatic rings. The summed E-state index contributed by atoms with van der Waals surface area (Å²) in [4.78, 5) is 3.06. The first-order chi connectivity index (χ1) is 5.81. The van der Waals surface area contributed by atoms with Crippen LogP contribution >= 0.6 is 0 Å². The van der Waals surface area contributed by atoms with Gasteiger partial charge < -0.3 is 15.5 Å². The third-order valence-corrected chi connectivity index (χ3v) is 1.92. The highest BCUT2D eigenvalue weighted by Gasteiger charge is 2.00. The molecule has 0 radical (unpaired) electrons. The molecule has 0 unspecified atom stereocenters. The van der Waals surface area contributed by atoms with Gasteiger partial charge in [0, 0.05) is 17.1 Å². The van der Waals surface area contributed by atoms with E-state index in [-0.39, 0.29) is 0 Å². The lowest BCUT2D eigenvalue weighted by molar-refractivity contribution is 0.415. The molecule has 1 heterocycles. The number of aromatic amines is 1. The SMILES string of the molecule is COc1ccc2[nH]cc(N)c2c1. The first-order valence-electron chi connectivity index (χ1n) is 3.72. The maximum absolute atomic E-state index is 5.71. The number of fused-ring (bicyclic) bond motifs is 1. The first kappa shape index (κ1) is 7.03. The molecule has 2 aromatic rings. The van der Waals surface area contributed by atoms with Gasteiger partial charge in [0.1, 0.15) is 5.75 Å². The third-order valence-electron chi connectivity index (χ3n) is 1.92. The van der Waals surface area contributed by atoms with Gasteiger partial charge in [0.15, 0.2) is 0 Å². The van der Waals surface area contributed by atoms with E-state index in [2.05, 4.69) is 4.98 Å². The fourth-order valence-corrected chi connectivity index (χ4v) is 1.25. The number of ether oxygens (including phenoxy) is 1. The predicted molar refractivity (Wildman–Crippen MR) is 49.3 cm³/mol. The number of aromatic nitrogens is 1. The van der Waals surface area contributed by atoms with Gasteiger partial charge in [0.25, 0.3) is 0 Å². The molecular weight excluding hydrogens is 152 g/mol. The van der Waals surface area contributed by atoms with Crippen LogP contribution in [0.25, 0.3) is 10.9 Å². The smallest absolute Gasteiger partial charge is 0.119 e. The summed E-state index contributed by atoms with van der Waals surface area (Å²) >= 11 is 0. The standard InChI is InChI=1S/C9H10N2O/c1-12-6-2-3-9-7(4-6)8(10)5-11-9/h2-5,11H,10H2,1H3. The zero-order valence-corrected chi connectivity index (χ0v) is 6.79. The number of hydrogen-bond donors (Lipinski definition) is 2. The number of benzene rings is 1. The van der Waals surface area contributed by atoms with Gasteiger partial charge in [-0.15, -0.1) is 0 Å². The van der Waals surface area contributed by atoms with Crippen LogP contribution in [0.5, 0.6) is 5.75 Å². The number of hydrogen-bond acceptors (Lipinski definition) is 2. The Morgan fingerprint density at radius 2 is 2.25 bits per heavy atom. The van der Waals surface area contributed by atoms with E-state index in [4.69, 9.17) is 10.5 Å². The van der Waals surface area contributed by atoms with Crippen molar-refractivity contribution in [2.24, 2.45) is 0 Å². The Bertz CT molecular complexity index is 406. The third kappa shape index (κ3) is 0.906. The number of nitrogen functional groups attached to an aromatic ring is 1. The maximum atomic E-state index is 5.71. The van der Waals surface area contributed by atoms with Crippen molar-refractivity contribution in [2.75, 3.05) is 12.8 Å². The predicted octanol–water partition coefficient (Wildman–Crippen LogP) is 1.76. The first-order valence-corrected chi connectivity index (χ1v) is 3.72. The lowest BCUT2D eigenvalue weighted by atomic mass is 10.2. The van der Waals surface area contributed by atoms with Crippen LogP contribution in [-0.4, -0.2) is 12.1 Å². The van der Waals surface area contributed by atoms with Crippen LogP contribution in [0.4, 0.5) is 5.69 Å². The fraction of sp³-hybridized carbons (Fsp3) is 0.111. The van der Waals surface area contributed by atoms with Crippen molar-refractivity contribution < 1.29 is 4.74 Å². The topological polar surface area (TPSA) is 51.0 Å². The Balaban J connectivity index is 2.71. The van der Waals surface area contributed by atoms with Crippen LogP contribution in [0.2, 0.25) is 0 Å². The molecule has 1 aromatic carbocycles. The van der Waals surface area contributed by atoms with Crippen LogP contribution in [0.15, 0.2) is 24.4 Å². The van der Waals surface area contributed by atoms with Crippen molar-refractivity contribution in [1.29, 1.82) is 0 Å². The Morgan fingerprint density at radius 1 is 1.42 bits per heavy atom. The second kappa shape index (κ2) is 2.44. The van der Waals surface area contributed by atoms with Gasteiger partial charge in [-0.25, -0.2) is 0 Å². The number of anilines is 1. The van der Waals surface area contributed by atoms with Gasteiger partial charge in [-0.1, -0.05) is 0 Å². The minimum absolute atomic E-state index is 0.754. The van der Waals surface area contributed by atoms with E-state index in [1.807, 2.05) is 18.2 Å². The van der Waals surface area contributed by atoms with Crippen LogP contribution < -0.4 is 10.5 Å². The van der Waals surface area contributed by atoms with Crippen LogP contribution in [0.1, 0.15) is 0 Å². The normalized spacial score (nSPS) is 10.4. The summed E-state index contributed by atoms with van der Waals surface area (Å²) in [7, 11) is 1.64. The van der Waals surface area contributed by atoms with E-state index in [0.717, 1.165) is 22.3 Å². The lowest BCUT2D eigenvalue weighted by Crippen LogP contribution is -1.83. The summed E-state index contributed by atoms with van der Waals surface area (Å²) in [6, 6.07) is 5.77. The molecule has 0 saturated carbocycles. The van der Waals surface area contributed by atoms with Crippen molar-refractivity contribution in [3.05, 3.63) is 24.4 Å². The van der Waals surface area contributed by atoms with Crippen molar-refractivity contribution >= 4 is 16.6 Å². The Kier molecular flexibility index (Phi) is 1.43. The molecule has 0 spiro atoms. The summed E-state index contributed by atoms with van der Waals surface area (Å²) in [6.07, 6.45) is 1.78. The molecule has 0 atom stereocenters. The molecule has 12 heavy (non-hydrogen) atoms. The molecule has 0 aliphatic heterocycles. The molecule has 0 aliphatic carbocycles. The molecule has 0 fully saturated rings. The van der Waals surface area contributed by atoms with Gasteiger partial charge in [-0.2, -0.15) is 0 Å². The molecule has 1 aromatic heterocycles. The zero-order chi connectivity index (χ0) is 8.55. The Hall–Kier alpha value is -1.64. The molecule has 0 amide bonds. The Labute approximate surface area is 70.1 Å². The van der Waals surface area contributed by atoms with E-state index in [0.29, 0.717) is 0 Å². The van der Waals surface area contributed by atoms with E-state index in [1.54, 1.807) is 13.3 Å². The second-order valence-corrected chi connectivity index (χ2v) is 2.66. The molecule has 62 valence electrons. The molecule has 2 rings (SSSR count). The highest BCUT2D eigenvalue weighted by atomic mass is 16.5. The van der Waals surface area contributed by atoms with Crippen molar-refractivity contribution in [3.8, 4) is 5.75 Å². The monoisotopic (exact) mass is 162 g/mol. The van der Waals surface area contributed by atoms with Gasteiger partial charge in [-0.05, 0) is 18.2 Å². The van der Waals surface area contributed by atoms with Crippen molar-refractivity contribution in [1.82, 2.24) is 4.98 Å². The van der Waals surface area contributed by atoms with E-state index >= 15 is 0 Å². The summed E-state index contributed by atoms with van der Waals surface area (Å²) in [5.74, 6) is 0.828. The van der Waals surface area contributed by atoms with Gasteiger partial charge in [0.05, 0.1) is 12.8 Å². The van der Waals surface area contributed by atoms with Crippen LogP contribution in [0.3, 0.4) is 0 Å². The molecule has 0 bridgehead atoms. The lowest BCUT2D eigenvalue weighted by Gasteiger charge is -1.98. The molecule has 3 heteroatoms. The maximum Gasteiger partial charge on any atom is 0.119 e. The number of nitrogens with two attached hydrogens (primary N) is 1. The summed E-state index contributed by atoms with van der Waals surface area (Å²) in [5.41, 5.74) is 7.50. The summed E-state index contributed by atoms with van der Waals surface area (Å²) in [6.45, 7) is 0. The number of nitrogens with one attached hydrogen (secondary N) is 1. The molecular formula is C9H10N2O. The van der Waals surface area contributed by atoms with Gasteiger partial charge in [0.2, 0.25) is 0 Å². The molecule has 3 N–H and O–H groups in total. The highest BCUT2D eigenvalue weighted by molar-refractivity contribution is 5.92. The quantitative estimate of drug-likeness (QED) is 0.671. The zero-order valence-electron chi connectivity index (χ0n) is 6.79. The van der Waals surface area contributed by atoms with Gasteiger partial charge >= 0.3 is 0 Å². The van der Waals surface area contributed by atoms with E-state index < -0.39 is 0 Å².